The van der Waals surface area contributed by atoms with Gasteiger partial charge >= 0.3 is 0 Å². The minimum atomic E-state index is -0.369. The summed E-state index contributed by atoms with van der Waals surface area (Å²) in [6, 6.07) is 1.83. The van der Waals surface area contributed by atoms with E-state index < -0.39 is 0 Å². The highest BCUT2D eigenvalue weighted by molar-refractivity contribution is 5.41. The van der Waals surface area contributed by atoms with E-state index in [1.54, 1.807) is 13.1 Å². The van der Waals surface area contributed by atoms with Crippen molar-refractivity contribution in [1.82, 2.24) is 9.97 Å². The Morgan fingerprint density at radius 1 is 1.56 bits per heavy atom. The summed E-state index contributed by atoms with van der Waals surface area (Å²) in [5, 5.41) is 12.4. The smallest absolute Gasteiger partial charge is 0.224 e. The fourth-order valence-corrected chi connectivity index (χ4v) is 1.37. The van der Waals surface area contributed by atoms with E-state index in [2.05, 4.69) is 22.2 Å². The van der Waals surface area contributed by atoms with Crippen LogP contribution in [0.15, 0.2) is 12.3 Å². The van der Waals surface area contributed by atoms with Crippen LogP contribution >= 0.6 is 0 Å². The minimum Gasteiger partial charge on any atom is -0.392 e. The standard InChI is InChI=1S/C11H20N4O/c1-4-6-12-11-13-7-5-10(14-11)15(3)8-9(2)16/h5,7,9,16H,4,6,8H2,1-3H3,(H,12,13,14). The van der Waals surface area contributed by atoms with E-state index in [9.17, 15) is 5.11 Å². The van der Waals surface area contributed by atoms with Crippen LogP contribution in [0.4, 0.5) is 11.8 Å². The Kier molecular flexibility index (Phi) is 4.98. The van der Waals surface area contributed by atoms with E-state index in [1.807, 2.05) is 18.0 Å². The van der Waals surface area contributed by atoms with Gasteiger partial charge in [0.25, 0.3) is 0 Å². The van der Waals surface area contributed by atoms with Crippen LogP contribution in [-0.2, 0) is 0 Å². The average Bonchev–Trinajstić information content (AvgIpc) is 2.26. The van der Waals surface area contributed by atoms with Gasteiger partial charge in [-0.25, -0.2) is 4.98 Å². The van der Waals surface area contributed by atoms with Gasteiger partial charge in [0.1, 0.15) is 5.82 Å². The van der Waals surface area contributed by atoms with Gasteiger partial charge in [0.05, 0.1) is 6.10 Å². The maximum absolute atomic E-state index is 9.29. The molecule has 1 rings (SSSR count). The number of hydrogen-bond donors (Lipinski definition) is 2. The van der Waals surface area contributed by atoms with Gasteiger partial charge in [0.15, 0.2) is 0 Å². The molecule has 0 spiro atoms. The van der Waals surface area contributed by atoms with Crippen LogP contribution in [0.2, 0.25) is 0 Å². The van der Waals surface area contributed by atoms with Crippen molar-refractivity contribution in [3.63, 3.8) is 0 Å². The lowest BCUT2D eigenvalue weighted by Gasteiger charge is -2.19. The molecule has 1 unspecified atom stereocenters. The van der Waals surface area contributed by atoms with Gasteiger partial charge in [0, 0.05) is 26.3 Å². The Bertz CT molecular complexity index is 317. The summed E-state index contributed by atoms with van der Waals surface area (Å²) in [5.41, 5.74) is 0. The number of hydrogen-bond acceptors (Lipinski definition) is 5. The summed E-state index contributed by atoms with van der Waals surface area (Å²) in [5.74, 6) is 1.45. The van der Waals surface area contributed by atoms with E-state index in [1.165, 1.54) is 0 Å². The predicted molar refractivity (Wildman–Crippen MR) is 65.8 cm³/mol. The van der Waals surface area contributed by atoms with Crippen molar-refractivity contribution in [2.45, 2.75) is 26.4 Å². The van der Waals surface area contributed by atoms with E-state index in [4.69, 9.17) is 0 Å². The number of anilines is 2. The summed E-state index contributed by atoms with van der Waals surface area (Å²) in [7, 11) is 1.90. The van der Waals surface area contributed by atoms with Crippen molar-refractivity contribution in [1.29, 1.82) is 0 Å². The molecular weight excluding hydrogens is 204 g/mol. The number of aliphatic hydroxyl groups excluding tert-OH is 1. The molecule has 1 aromatic heterocycles. The lowest BCUT2D eigenvalue weighted by atomic mass is 10.3. The molecule has 1 aromatic rings. The topological polar surface area (TPSA) is 61.3 Å². The van der Waals surface area contributed by atoms with Crippen LogP contribution in [0.5, 0.6) is 0 Å². The SMILES string of the molecule is CCCNc1nccc(N(C)CC(C)O)n1. The van der Waals surface area contributed by atoms with Crippen LogP contribution < -0.4 is 10.2 Å². The Balaban J connectivity index is 2.65. The van der Waals surface area contributed by atoms with Crippen molar-refractivity contribution in [3.05, 3.63) is 12.3 Å². The monoisotopic (exact) mass is 224 g/mol. The highest BCUT2D eigenvalue weighted by Gasteiger charge is 2.06. The molecule has 0 amide bonds. The Labute approximate surface area is 96.5 Å². The molecule has 5 heteroatoms. The molecule has 0 fully saturated rings. The van der Waals surface area contributed by atoms with Crippen molar-refractivity contribution < 1.29 is 5.11 Å². The molecule has 0 saturated carbocycles. The number of rotatable bonds is 6. The van der Waals surface area contributed by atoms with Gasteiger partial charge in [-0.15, -0.1) is 0 Å². The molecule has 0 bridgehead atoms. The van der Waals surface area contributed by atoms with Gasteiger partial charge in [-0.1, -0.05) is 6.92 Å². The molecule has 0 radical (unpaired) electrons. The van der Waals surface area contributed by atoms with Crippen molar-refractivity contribution in [2.75, 3.05) is 30.4 Å². The predicted octanol–water partition coefficient (Wildman–Crippen LogP) is 1.12. The minimum absolute atomic E-state index is 0.369. The Morgan fingerprint density at radius 3 is 2.94 bits per heavy atom. The highest BCUT2D eigenvalue weighted by atomic mass is 16.3. The van der Waals surface area contributed by atoms with Crippen LogP contribution in [0.25, 0.3) is 0 Å². The van der Waals surface area contributed by atoms with Gasteiger partial charge < -0.3 is 15.3 Å². The molecule has 0 aromatic carbocycles. The number of aliphatic hydroxyl groups is 1. The molecule has 0 aliphatic rings. The molecule has 90 valence electrons. The third-order valence-corrected chi connectivity index (χ3v) is 2.10. The molecule has 16 heavy (non-hydrogen) atoms. The van der Waals surface area contributed by atoms with Gasteiger partial charge in [-0.3, -0.25) is 0 Å². The molecule has 0 aliphatic carbocycles. The quantitative estimate of drug-likeness (QED) is 0.758. The molecular formula is C11H20N4O. The number of nitrogens with one attached hydrogen (secondary N) is 1. The summed E-state index contributed by atoms with van der Waals surface area (Å²) >= 11 is 0. The van der Waals surface area contributed by atoms with E-state index in [-0.39, 0.29) is 6.10 Å². The van der Waals surface area contributed by atoms with Gasteiger partial charge in [0.2, 0.25) is 5.95 Å². The van der Waals surface area contributed by atoms with Gasteiger partial charge in [-0.05, 0) is 19.4 Å². The first-order chi connectivity index (χ1) is 7.63. The second-order valence-corrected chi connectivity index (χ2v) is 3.89. The first kappa shape index (κ1) is 12.7. The normalized spacial score (nSPS) is 12.2. The molecule has 1 heterocycles. The van der Waals surface area contributed by atoms with Crippen LogP contribution in [0, 0.1) is 0 Å². The molecule has 0 aliphatic heterocycles. The second-order valence-electron chi connectivity index (χ2n) is 3.89. The summed E-state index contributed by atoms with van der Waals surface area (Å²) in [4.78, 5) is 10.4. The highest BCUT2D eigenvalue weighted by Crippen LogP contribution is 2.10. The number of nitrogens with zero attached hydrogens (tertiary/aromatic N) is 3. The lowest BCUT2D eigenvalue weighted by molar-refractivity contribution is 0.201. The van der Waals surface area contributed by atoms with Crippen LogP contribution in [0.3, 0.4) is 0 Å². The average molecular weight is 224 g/mol. The molecule has 1 atom stereocenters. The van der Waals surface area contributed by atoms with Crippen LogP contribution in [0.1, 0.15) is 20.3 Å². The molecule has 2 N–H and O–H groups in total. The first-order valence-corrected chi connectivity index (χ1v) is 5.59. The van der Waals surface area contributed by atoms with Crippen LogP contribution in [-0.4, -0.2) is 41.3 Å². The fraction of sp³-hybridized carbons (Fsp3) is 0.636. The van der Waals surface area contributed by atoms with Crippen molar-refractivity contribution in [2.24, 2.45) is 0 Å². The number of aromatic nitrogens is 2. The zero-order chi connectivity index (χ0) is 12.0. The maximum Gasteiger partial charge on any atom is 0.224 e. The maximum atomic E-state index is 9.29. The Hall–Kier alpha value is -1.36. The second kappa shape index (κ2) is 6.27. The molecule has 5 nitrogen and oxygen atoms in total. The third kappa shape index (κ3) is 4.02. The zero-order valence-electron chi connectivity index (χ0n) is 10.1. The summed E-state index contributed by atoms with van der Waals surface area (Å²) in [6.07, 6.45) is 2.39. The summed E-state index contributed by atoms with van der Waals surface area (Å²) in [6.45, 7) is 5.28. The summed E-state index contributed by atoms with van der Waals surface area (Å²) < 4.78 is 0. The Morgan fingerprint density at radius 2 is 2.31 bits per heavy atom. The lowest BCUT2D eigenvalue weighted by Crippen LogP contribution is -2.27. The first-order valence-electron chi connectivity index (χ1n) is 5.59. The van der Waals surface area contributed by atoms with Crippen molar-refractivity contribution >= 4 is 11.8 Å². The van der Waals surface area contributed by atoms with Gasteiger partial charge in [-0.2, -0.15) is 4.98 Å². The number of likely N-dealkylation sites (N-methyl/N-ethyl adjacent to an activating group) is 1. The van der Waals surface area contributed by atoms with E-state index in [0.29, 0.717) is 12.5 Å². The zero-order valence-corrected chi connectivity index (χ0v) is 10.1. The van der Waals surface area contributed by atoms with E-state index in [0.717, 1.165) is 18.8 Å². The van der Waals surface area contributed by atoms with Crippen molar-refractivity contribution in [3.8, 4) is 0 Å². The third-order valence-electron chi connectivity index (χ3n) is 2.10. The largest absolute Gasteiger partial charge is 0.392 e. The fourth-order valence-electron chi connectivity index (χ4n) is 1.37. The molecule has 0 saturated heterocycles. The van der Waals surface area contributed by atoms with E-state index >= 15 is 0 Å².